The minimum atomic E-state index is -0.0555. The number of aromatic amines is 1. The predicted molar refractivity (Wildman–Crippen MR) is 93.1 cm³/mol. The van der Waals surface area contributed by atoms with Crippen LogP contribution in [0.3, 0.4) is 0 Å². The molecule has 0 aliphatic carbocycles. The predicted octanol–water partition coefficient (Wildman–Crippen LogP) is 5.09. The molecular weight excluding hydrogens is 268 g/mol. The summed E-state index contributed by atoms with van der Waals surface area (Å²) in [6.45, 7) is 4.46. The van der Waals surface area contributed by atoms with E-state index < -0.39 is 0 Å². The van der Waals surface area contributed by atoms with E-state index in [0.29, 0.717) is 0 Å². The number of nitrogens with one attached hydrogen (secondary N) is 1. The molecular formula is C20H20N2. The van der Waals surface area contributed by atoms with Gasteiger partial charge in [0, 0.05) is 11.1 Å². The van der Waals surface area contributed by atoms with Crippen LogP contribution in [0.4, 0.5) is 5.69 Å². The van der Waals surface area contributed by atoms with Gasteiger partial charge in [0.15, 0.2) is 0 Å². The van der Waals surface area contributed by atoms with E-state index in [2.05, 4.69) is 60.2 Å². The molecule has 1 heterocycles. The molecule has 110 valence electrons. The van der Waals surface area contributed by atoms with Gasteiger partial charge in [-0.1, -0.05) is 62.4 Å². The van der Waals surface area contributed by atoms with Crippen LogP contribution in [-0.4, -0.2) is 11.2 Å². The van der Waals surface area contributed by atoms with Crippen LogP contribution in [0, 0.1) is 0 Å². The molecule has 1 N–H and O–H groups in total. The van der Waals surface area contributed by atoms with Gasteiger partial charge in [0.1, 0.15) is 0 Å². The van der Waals surface area contributed by atoms with E-state index in [9.17, 15) is 0 Å². The van der Waals surface area contributed by atoms with E-state index in [1.165, 1.54) is 11.3 Å². The summed E-state index contributed by atoms with van der Waals surface area (Å²) in [7, 11) is 0. The summed E-state index contributed by atoms with van der Waals surface area (Å²) >= 11 is 0. The molecule has 1 aromatic heterocycles. The summed E-state index contributed by atoms with van der Waals surface area (Å²) in [5.74, 6) is 0. The smallest absolute Gasteiger partial charge is 0.0630 e. The van der Waals surface area contributed by atoms with E-state index in [4.69, 9.17) is 0 Å². The number of nitrogens with zero attached hydrogens (tertiary/aromatic N) is 1. The first-order valence-corrected chi connectivity index (χ1v) is 7.50. The largest absolute Gasteiger partial charge is 0.357 e. The lowest BCUT2D eigenvalue weighted by Gasteiger charge is -2.24. The van der Waals surface area contributed by atoms with Crippen LogP contribution in [0.2, 0.25) is 0 Å². The van der Waals surface area contributed by atoms with Gasteiger partial charge in [-0.15, -0.1) is 0 Å². The summed E-state index contributed by atoms with van der Waals surface area (Å²) in [6, 6.07) is 24.7. The second kappa shape index (κ2) is 6.02. The van der Waals surface area contributed by atoms with Gasteiger partial charge in [-0.3, -0.25) is 4.99 Å². The molecule has 0 fully saturated rings. The molecule has 2 aromatic carbocycles. The van der Waals surface area contributed by atoms with Crippen molar-refractivity contribution >= 4 is 11.9 Å². The quantitative estimate of drug-likeness (QED) is 0.648. The monoisotopic (exact) mass is 288 g/mol. The Labute approximate surface area is 131 Å². The number of benzene rings is 2. The molecule has 2 heteroatoms. The first kappa shape index (κ1) is 14.3. The molecule has 0 bridgehead atoms. The fraction of sp³-hybridized carbons (Fsp3) is 0.150. The van der Waals surface area contributed by atoms with Crippen molar-refractivity contribution in [3.05, 3.63) is 89.7 Å². The minimum Gasteiger partial charge on any atom is -0.357 e. The lowest BCUT2D eigenvalue weighted by atomic mass is 9.82. The van der Waals surface area contributed by atoms with Gasteiger partial charge >= 0.3 is 0 Å². The van der Waals surface area contributed by atoms with Crippen LogP contribution >= 0.6 is 0 Å². The van der Waals surface area contributed by atoms with Gasteiger partial charge in [-0.25, -0.2) is 0 Å². The van der Waals surface area contributed by atoms with Crippen molar-refractivity contribution in [1.29, 1.82) is 0 Å². The van der Waals surface area contributed by atoms with Crippen molar-refractivity contribution in [2.75, 3.05) is 0 Å². The Morgan fingerprint density at radius 2 is 1.45 bits per heavy atom. The lowest BCUT2D eigenvalue weighted by Crippen LogP contribution is -2.19. The van der Waals surface area contributed by atoms with Crippen molar-refractivity contribution in [3.8, 4) is 0 Å². The molecule has 0 saturated carbocycles. The maximum absolute atomic E-state index is 4.49. The highest BCUT2D eigenvalue weighted by atomic mass is 14.8. The average molecular weight is 288 g/mol. The Balaban J connectivity index is 1.83. The standard InChI is InChI=1S/C20H20N2/c1-20(2,16-9-5-3-6-10-16)19-14-13-18(22-19)15-21-17-11-7-4-8-12-17/h3-15,22H,1-2H3. The van der Waals surface area contributed by atoms with Gasteiger partial charge in [0.2, 0.25) is 0 Å². The van der Waals surface area contributed by atoms with E-state index in [1.54, 1.807) is 0 Å². The molecule has 0 amide bonds. The zero-order valence-corrected chi connectivity index (χ0v) is 13.0. The Morgan fingerprint density at radius 1 is 0.818 bits per heavy atom. The van der Waals surface area contributed by atoms with Crippen LogP contribution in [-0.2, 0) is 5.41 Å². The van der Waals surface area contributed by atoms with E-state index in [0.717, 1.165) is 11.4 Å². The molecule has 0 atom stereocenters. The number of rotatable bonds is 4. The number of aliphatic imine (C=N–C) groups is 1. The summed E-state index contributed by atoms with van der Waals surface area (Å²) in [6.07, 6.45) is 1.87. The molecule has 0 aliphatic heterocycles. The zero-order chi connectivity index (χ0) is 15.4. The number of aromatic nitrogens is 1. The number of para-hydroxylation sites is 1. The molecule has 0 unspecified atom stereocenters. The van der Waals surface area contributed by atoms with Crippen molar-refractivity contribution in [2.45, 2.75) is 19.3 Å². The Bertz CT molecular complexity index is 753. The minimum absolute atomic E-state index is 0.0555. The van der Waals surface area contributed by atoms with Gasteiger partial charge in [0.25, 0.3) is 0 Å². The van der Waals surface area contributed by atoms with Crippen LogP contribution in [0.25, 0.3) is 0 Å². The molecule has 3 rings (SSSR count). The third-order valence-corrected chi connectivity index (χ3v) is 3.99. The SMILES string of the molecule is CC(C)(c1ccccc1)c1ccc(C=Nc2ccccc2)[nH]1. The van der Waals surface area contributed by atoms with Gasteiger partial charge in [-0.2, -0.15) is 0 Å². The molecule has 0 spiro atoms. The highest BCUT2D eigenvalue weighted by Gasteiger charge is 2.24. The molecule has 0 aliphatic rings. The van der Waals surface area contributed by atoms with E-state index >= 15 is 0 Å². The van der Waals surface area contributed by atoms with Crippen molar-refractivity contribution in [3.63, 3.8) is 0 Å². The maximum atomic E-state index is 4.49. The van der Waals surface area contributed by atoms with Crippen LogP contribution in [0.1, 0.15) is 30.8 Å². The summed E-state index contributed by atoms with van der Waals surface area (Å²) in [5, 5.41) is 0. The van der Waals surface area contributed by atoms with Crippen LogP contribution < -0.4 is 0 Å². The Kier molecular flexibility index (Phi) is 3.92. The first-order valence-electron chi connectivity index (χ1n) is 7.50. The van der Waals surface area contributed by atoms with Gasteiger partial charge in [-0.05, 0) is 29.8 Å². The molecule has 0 saturated heterocycles. The summed E-state index contributed by atoms with van der Waals surface area (Å²) in [4.78, 5) is 7.96. The lowest BCUT2D eigenvalue weighted by molar-refractivity contribution is 0.621. The third-order valence-electron chi connectivity index (χ3n) is 3.99. The second-order valence-corrected chi connectivity index (χ2v) is 5.91. The van der Waals surface area contributed by atoms with E-state index in [-0.39, 0.29) is 5.41 Å². The Morgan fingerprint density at radius 3 is 2.14 bits per heavy atom. The highest BCUT2D eigenvalue weighted by molar-refractivity contribution is 5.80. The molecule has 0 radical (unpaired) electrons. The Hall–Kier alpha value is -2.61. The molecule has 2 nitrogen and oxygen atoms in total. The number of H-pyrrole nitrogens is 1. The topological polar surface area (TPSA) is 28.1 Å². The fourth-order valence-electron chi connectivity index (χ4n) is 2.52. The van der Waals surface area contributed by atoms with Crippen molar-refractivity contribution in [2.24, 2.45) is 4.99 Å². The summed E-state index contributed by atoms with van der Waals surface area (Å²) in [5.41, 5.74) is 4.40. The summed E-state index contributed by atoms with van der Waals surface area (Å²) < 4.78 is 0. The second-order valence-electron chi connectivity index (χ2n) is 5.91. The third kappa shape index (κ3) is 3.01. The zero-order valence-electron chi connectivity index (χ0n) is 13.0. The van der Waals surface area contributed by atoms with Gasteiger partial charge < -0.3 is 4.98 Å². The number of hydrogen-bond acceptors (Lipinski definition) is 1. The first-order chi connectivity index (χ1) is 10.7. The maximum Gasteiger partial charge on any atom is 0.0630 e. The highest BCUT2D eigenvalue weighted by Crippen LogP contribution is 2.30. The van der Waals surface area contributed by atoms with Crippen molar-refractivity contribution < 1.29 is 0 Å². The van der Waals surface area contributed by atoms with Crippen LogP contribution in [0.15, 0.2) is 77.8 Å². The van der Waals surface area contributed by atoms with Crippen LogP contribution in [0.5, 0.6) is 0 Å². The van der Waals surface area contributed by atoms with E-state index in [1.807, 2.05) is 42.6 Å². The van der Waals surface area contributed by atoms with Crippen molar-refractivity contribution in [1.82, 2.24) is 4.98 Å². The fourth-order valence-corrected chi connectivity index (χ4v) is 2.52. The van der Waals surface area contributed by atoms with Gasteiger partial charge in [0.05, 0.1) is 17.6 Å². The molecule has 22 heavy (non-hydrogen) atoms. The molecule has 3 aromatic rings. The number of hydrogen-bond donors (Lipinski definition) is 1. The normalized spacial score (nSPS) is 11.9. The average Bonchev–Trinajstić information content (AvgIpc) is 3.04.